The van der Waals surface area contributed by atoms with Gasteiger partial charge < -0.3 is 19.3 Å². The Bertz CT molecular complexity index is 655. The number of carboxylic acid groups (broad SMARTS) is 1. The van der Waals surface area contributed by atoms with Crippen LogP contribution in [0.4, 0.5) is 0 Å². The zero-order valence-electron chi connectivity index (χ0n) is 12.1. The fourth-order valence-electron chi connectivity index (χ4n) is 1.92. The lowest BCUT2D eigenvalue weighted by Crippen LogP contribution is -1.95. The van der Waals surface area contributed by atoms with Crippen molar-refractivity contribution in [2.45, 2.75) is 6.92 Å². The maximum atomic E-state index is 11.1. The van der Waals surface area contributed by atoms with Crippen molar-refractivity contribution < 1.29 is 24.1 Å². The highest BCUT2D eigenvalue weighted by Crippen LogP contribution is 2.42. The minimum absolute atomic E-state index is 0.221. The molecule has 0 atom stereocenters. The van der Waals surface area contributed by atoms with Crippen LogP contribution >= 0.6 is 11.3 Å². The van der Waals surface area contributed by atoms with Crippen molar-refractivity contribution in [2.75, 3.05) is 21.3 Å². The van der Waals surface area contributed by atoms with Gasteiger partial charge >= 0.3 is 5.97 Å². The van der Waals surface area contributed by atoms with E-state index in [4.69, 9.17) is 19.3 Å². The first-order valence-electron chi connectivity index (χ1n) is 6.03. The van der Waals surface area contributed by atoms with Gasteiger partial charge in [0.15, 0.2) is 11.5 Å². The molecule has 0 aliphatic heterocycles. The number of rotatable bonds is 5. The van der Waals surface area contributed by atoms with Crippen LogP contribution in [0.5, 0.6) is 17.2 Å². The van der Waals surface area contributed by atoms with E-state index in [-0.39, 0.29) is 4.88 Å². The molecule has 21 heavy (non-hydrogen) atoms. The van der Waals surface area contributed by atoms with Gasteiger partial charge in [-0.1, -0.05) is 0 Å². The fourth-order valence-corrected chi connectivity index (χ4v) is 2.82. The number of ether oxygens (including phenoxy) is 3. The monoisotopic (exact) mass is 309 g/mol. The second-order valence-corrected chi connectivity index (χ2v) is 5.15. The zero-order valence-corrected chi connectivity index (χ0v) is 12.9. The second kappa shape index (κ2) is 6.01. The van der Waals surface area contributed by atoms with Gasteiger partial charge in [0, 0.05) is 5.56 Å². The van der Waals surface area contributed by atoms with E-state index in [2.05, 4.69) is 4.98 Å². The number of methoxy groups -OCH3 is 3. The van der Waals surface area contributed by atoms with E-state index in [0.717, 1.165) is 11.3 Å². The van der Waals surface area contributed by atoms with E-state index in [1.165, 1.54) is 21.3 Å². The molecular formula is C14H15NO5S. The first-order chi connectivity index (χ1) is 10.0. The molecule has 6 nitrogen and oxygen atoms in total. The van der Waals surface area contributed by atoms with Gasteiger partial charge in [-0.15, -0.1) is 11.3 Å². The molecule has 1 aromatic heterocycles. The van der Waals surface area contributed by atoms with Crippen LogP contribution in [0.15, 0.2) is 12.1 Å². The van der Waals surface area contributed by atoms with Crippen LogP contribution in [0.25, 0.3) is 10.6 Å². The molecule has 0 fully saturated rings. The molecule has 0 unspecified atom stereocenters. The number of carboxylic acids is 1. The van der Waals surface area contributed by atoms with Crippen molar-refractivity contribution in [3.05, 3.63) is 22.7 Å². The molecule has 0 radical (unpaired) electrons. The van der Waals surface area contributed by atoms with E-state index in [1.807, 2.05) is 0 Å². The normalized spacial score (nSPS) is 10.3. The lowest BCUT2D eigenvalue weighted by atomic mass is 10.2. The number of aromatic carboxylic acids is 1. The molecule has 2 aromatic rings. The predicted octanol–water partition coefficient (Wildman–Crippen LogP) is 2.84. The van der Waals surface area contributed by atoms with Crippen LogP contribution < -0.4 is 14.2 Å². The van der Waals surface area contributed by atoms with Gasteiger partial charge in [-0.05, 0) is 19.1 Å². The highest BCUT2D eigenvalue weighted by atomic mass is 32.1. The number of thiazole rings is 1. The van der Waals surface area contributed by atoms with Gasteiger partial charge in [-0.25, -0.2) is 9.78 Å². The van der Waals surface area contributed by atoms with Crippen molar-refractivity contribution in [1.29, 1.82) is 0 Å². The fraction of sp³-hybridized carbons (Fsp3) is 0.286. The zero-order chi connectivity index (χ0) is 15.6. The minimum atomic E-state index is -0.983. The third kappa shape index (κ3) is 2.78. The maximum Gasteiger partial charge on any atom is 0.347 e. The van der Waals surface area contributed by atoms with Crippen molar-refractivity contribution in [3.8, 4) is 27.8 Å². The Hall–Kier alpha value is -2.28. The molecule has 0 amide bonds. The first kappa shape index (κ1) is 15.1. The molecule has 0 saturated heterocycles. The van der Waals surface area contributed by atoms with Gasteiger partial charge in [0.05, 0.1) is 27.0 Å². The number of benzene rings is 1. The van der Waals surface area contributed by atoms with Crippen molar-refractivity contribution in [1.82, 2.24) is 4.98 Å². The average Bonchev–Trinajstić information content (AvgIpc) is 2.87. The topological polar surface area (TPSA) is 77.9 Å². The molecule has 0 aliphatic rings. The third-order valence-corrected chi connectivity index (χ3v) is 4.10. The third-order valence-electron chi connectivity index (χ3n) is 2.90. The molecule has 0 aliphatic carbocycles. The summed E-state index contributed by atoms with van der Waals surface area (Å²) in [7, 11) is 4.57. The standard InChI is InChI=1S/C14H15NO5S/c1-7-12(14(16)17)21-13(15-7)8-5-9(18-2)11(20-4)10(6-8)19-3/h5-6H,1-4H3,(H,16,17). The number of carbonyl (C=O) groups is 1. The highest BCUT2D eigenvalue weighted by molar-refractivity contribution is 7.17. The largest absolute Gasteiger partial charge is 0.493 e. The summed E-state index contributed by atoms with van der Waals surface area (Å²) in [4.78, 5) is 15.6. The van der Waals surface area contributed by atoms with Crippen LogP contribution in [0.3, 0.4) is 0 Å². The molecule has 2 rings (SSSR count). The molecule has 1 heterocycles. The maximum absolute atomic E-state index is 11.1. The lowest BCUT2D eigenvalue weighted by Gasteiger charge is -2.13. The van der Waals surface area contributed by atoms with E-state index < -0.39 is 5.97 Å². The molecule has 1 N–H and O–H groups in total. The Morgan fingerprint density at radius 1 is 1.14 bits per heavy atom. The molecule has 0 saturated carbocycles. The molecule has 7 heteroatoms. The van der Waals surface area contributed by atoms with Crippen molar-refractivity contribution in [3.63, 3.8) is 0 Å². The quantitative estimate of drug-likeness (QED) is 0.915. The van der Waals surface area contributed by atoms with Crippen molar-refractivity contribution in [2.24, 2.45) is 0 Å². The summed E-state index contributed by atoms with van der Waals surface area (Å²) in [6.45, 7) is 1.67. The summed E-state index contributed by atoms with van der Waals surface area (Å²) in [5.74, 6) is 0.493. The second-order valence-electron chi connectivity index (χ2n) is 4.15. The number of aromatic nitrogens is 1. The molecule has 0 bridgehead atoms. The van der Waals surface area contributed by atoms with Gasteiger partial charge in [0.25, 0.3) is 0 Å². The Morgan fingerprint density at radius 3 is 2.10 bits per heavy atom. The Morgan fingerprint density at radius 2 is 1.71 bits per heavy atom. The van der Waals surface area contributed by atoms with E-state index in [9.17, 15) is 4.79 Å². The van der Waals surface area contributed by atoms with Gasteiger partial charge in [0.1, 0.15) is 9.88 Å². The van der Waals surface area contributed by atoms with Crippen LogP contribution in [-0.2, 0) is 0 Å². The average molecular weight is 309 g/mol. The summed E-state index contributed by atoms with van der Waals surface area (Å²) in [6.07, 6.45) is 0. The van der Waals surface area contributed by atoms with Gasteiger partial charge in [0.2, 0.25) is 5.75 Å². The molecule has 1 aromatic carbocycles. The number of nitrogens with zero attached hydrogens (tertiary/aromatic N) is 1. The van der Waals surface area contributed by atoms with Crippen LogP contribution in [0.1, 0.15) is 15.4 Å². The predicted molar refractivity (Wildman–Crippen MR) is 78.9 cm³/mol. The van der Waals surface area contributed by atoms with E-state index in [0.29, 0.717) is 33.5 Å². The SMILES string of the molecule is COc1cc(-c2nc(C)c(C(=O)O)s2)cc(OC)c1OC. The lowest BCUT2D eigenvalue weighted by molar-refractivity contribution is 0.0701. The Kier molecular flexibility index (Phi) is 4.32. The van der Waals surface area contributed by atoms with Gasteiger partial charge in [-0.3, -0.25) is 0 Å². The molecular weight excluding hydrogens is 294 g/mol. The van der Waals surface area contributed by atoms with Gasteiger partial charge in [-0.2, -0.15) is 0 Å². The Labute approximate surface area is 125 Å². The van der Waals surface area contributed by atoms with Crippen LogP contribution in [0.2, 0.25) is 0 Å². The van der Waals surface area contributed by atoms with Crippen LogP contribution in [-0.4, -0.2) is 37.4 Å². The first-order valence-corrected chi connectivity index (χ1v) is 6.84. The summed E-state index contributed by atoms with van der Waals surface area (Å²) in [5.41, 5.74) is 1.20. The molecule has 112 valence electrons. The summed E-state index contributed by atoms with van der Waals surface area (Å²) >= 11 is 1.11. The summed E-state index contributed by atoms with van der Waals surface area (Å²) < 4.78 is 15.8. The minimum Gasteiger partial charge on any atom is -0.493 e. The van der Waals surface area contributed by atoms with E-state index >= 15 is 0 Å². The summed E-state index contributed by atoms with van der Waals surface area (Å²) in [5, 5.41) is 9.70. The van der Waals surface area contributed by atoms with Crippen molar-refractivity contribution >= 4 is 17.3 Å². The number of aryl methyl sites for hydroxylation is 1. The molecule has 0 spiro atoms. The summed E-state index contributed by atoms with van der Waals surface area (Å²) in [6, 6.07) is 3.48. The number of hydrogen-bond donors (Lipinski definition) is 1. The smallest absolute Gasteiger partial charge is 0.347 e. The Balaban J connectivity index is 2.59. The van der Waals surface area contributed by atoms with Crippen LogP contribution in [0, 0.1) is 6.92 Å². The number of hydrogen-bond acceptors (Lipinski definition) is 6. The highest BCUT2D eigenvalue weighted by Gasteiger charge is 2.19. The van der Waals surface area contributed by atoms with E-state index in [1.54, 1.807) is 19.1 Å².